The molecule has 4 amide bonds. The van der Waals surface area contributed by atoms with Crippen molar-refractivity contribution in [2.24, 2.45) is 11.5 Å². The van der Waals surface area contributed by atoms with Crippen LogP contribution in [0.3, 0.4) is 0 Å². The molecule has 0 radical (unpaired) electrons. The maximum absolute atomic E-state index is 12.8. The number of carbonyl (C=O) groups is 4. The molecule has 0 aliphatic rings. The molecule has 4 rings (SSSR count). The van der Waals surface area contributed by atoms with Crippen molar-refractivity contribution in [2.75, 3.05) is 11.5 Å². The molecule has 0 spiro atoms. The van der Waals surface area contributed by atoms with Crippen LogP contribution in [-0.4, -0.2) is 47.2 Å². The van der Waals surface area contributed by atoms with Crippen LogP contribution in [-0.2, 0) is 9.59 Å². The minimum Gasteiger partial charge on any atom is -0.368 e. The van der Waals surface area contributed by atoms with Gasteiger partial charge in [-0.3, -0.25) is 19.2 Å². The van der Waals surface area contributed by atoms with Crippen molar-refractivity contribution in [3.63, 3.8) is 0 Å². The van der Waals surface area contributed by atoms with Gasteiger partial charge in [0.15, 0.2) is 0 Å². The lowest BCUT2D eigenvalue weighted by atomic mass is 10.1. The fourth-order valence-corrected chi connectivity index (χ4v) is 6.93. The Kier molecular flexibility index (Phi) is 10.1. The third kappa shape index (κ3) is 7.78. The van der Waals surface area contributed by atoms with Crippen LogP contribution in [0.25, 0.3) is 21.5 Å². The molecule has 4 aromatic rings. The smallest absolute Gasteiger partial charge is 0.251 e. The van der Waals surface area contributed by atoms with Gasteiger partial charge < -0.3 is 22.1 Å². The Labute approximate surface area is 255 Å². The minimum atomic E-state index is -0.940. The Hall–Kier alpha value is -3.06. The SMILES string of the molecule is NC(=O)[C@H](CSSC[C@H](NC(=O)c1ccc2cc(Br)ccc2c1)C(N)=O)NC(=O)c1ccc2cc(Br)ccc2c1. The fraction of sp³-hybridized carbons (Fsp3) is 0.143. The van der Waals surface area contributed by atoms with E-state index in [1.54, 1.807) is 24.3 Å². The quantitative estimate of drug-likeness (QED) is 0.131. The van der Waals surface area contributed by atoms with E-state index in [1.807, 2.05) is 48.5 Å². The Balaban J connectivity index is 1.31. The van der Waals surface area contributed by atoms with Crippen molar-refractivity contribution in [1.82, 2.24) is 10.6 Å². The molecule has 40 heavy (non-hydrogen) atoms. The van der Waals surface area contributed by atoms with E-state index in [-0.39, 0.29) is 11.5 Å². The number of nitrogens with two attached hydrogens (primary N) is 2. The second-order valence-corrected chi connectivity index (χ2v) is 13.2. The number of amides is 4. The minimum absolute atomic E-state index is 0.159. The maximum atomic E-state index is 12.8. The van der Waals surface area contributed by atoms with Gasteiger partial charge in [-0.25, -0.2) is 0 Å². The highest BCUT2D eigenvalue weighted by atomic mass is 79.9. The zero-order valence-corrected chi connectivity index (χ0v) is 25.7. The summed E-state index contributed by atoms with van der Waals surface area (Å²) >= 11 is 6.85. The molecule has 0 unspecified atom stereocenters. The van der Waals surface area contributed by atoms with Gasteiger partial charge in [0.25, 0.3) is 11.8 Å². The van der Waals surface area contributed by atoms with Crippen molar-refractivity contribution in [3.8, 4) is 0 Å². The Bertz CT molecular complexity index is 1500. The molecule has 0 saturated heterocycles. The van der Waals surface area contributed by atoms with Gasteiger partial charge in [0.2, 0.25) is 11.8 Å². The van der Waals surface area contributed by atoms with Crippen molar-refractivity contribution < 1.29 is 19.2 Å². The number of benzene rings is 4. The number of fused-ring (bicyclic) bond motifs is 2. The van der Waals surface area contributed by atoms with Crippen LogP contribution < -0.4 is 22.1 Å². The van der Waals surface area contributed by atoms with Crippen LogP contribution in [0.4, 0.5) is 0 Å². The van der Waals surface area contributed by atoms with Gasteiger partial charge in [0.1, 0.15) is 12.1 Å². The second kappa shape index (κ2) is 13.5. The van der Waals surface area contributed by atoms with Crippen molar-refractivity contribution >= 4 is 98.6 Å². The van der Waals surface area contributed by atoms with Crippen LogP contribution in [0.15, 0.2) is 81.7 Å². The van der Waals surface area contributed by atoms with Crippen molar-refractivity contribution in [1.29, 1.82) is 0 Å². The zero-order chi connectivity index (χ0) is 28.8. The topological polar surface area (TPSA) is 144 Å². The number of nitrogens with one attached hydrogen (secondary N) is 2. The van der Waals surface area contributed by atoms with Gasteiger partial charge in [-0.15, -0.1) is 0 Å². The summed E-state index contributed by atoms with van der Waals surface area (Å²) in [6.07, 6.45) is 0. The average Bonchev–Trinajstić information content (AvgIpc) is 2.92. The van der Waals surface area contributed by atoms with E-state index in [4.69, 9.17) is 11.5 Å². The van der Waals surface area contributed by atoms with Crippen LogP contribution in [0, 0.1) is 0 Å². The molecule has 0 heterocycles. The molecule has 0 aromatic heterocycles. The summed E-state index contributed by atoms with van der Waals surface area (Å²) in [5.74, 6) is -1.91. The first kappa shape index (κ1) is 29.9. The predicted octanol–water partition coefficient (Wildman–Crippen LogP) is 4.77. The van der Waals surface area contributed by atoms with Gasteiger partial charge >= 0.3 is 0 Å². The average molecular weight is 704 g/mol. The number of rotatable bonds is 11. The molecule has 2 atom stereocenters. The third-order valence-corrected chi connectivity index (χ3v) is 9.39. The molecule has 206 valence electrons. The van der Waals surface area contributed by atoms with Gasteiger partial charge in [-0.2, -0.15) is 0 Å². The molecular weight excluding hydrogens is 680 g/mol. The summed E-state index contributed by atoms with van der Waals surface area (Å²) in [5, 5.41) is 9.04. The lowest BCUT2D eigenvalue weighted by molar-refractivity contribution is -0.120. The normalized spacial score (nSPS) is 12.6. The Morgan fingerprint density at radius 1 is 0.600 bits per heavy atom. The fourth-order valence-electron chi connectivity index (χ4n) is 3.82. The van der Waals surface area contributed by atoms with Gasteiger partial charge in [0, 0.05) is 31.6 Å². The Morgan fingerprint density at radius 2 is 0.950 bits per heavy atom. The molecule has 0 fully saturated rings. The van der Waals surface area contributed by atoms with Gasteiger partial charge in [0.05, 0.1) is 0 Å². The highest BCUT2D eigenvalue weighted by Gasteiger charge is 2.22. The van der Waals surface area contributed by atoms with E-state index in [0.717, 1.165) is 30.5 Å². The summed E-state index contributed by atoms with van der Waals surface area (Å²) in [7, 11) is 2.47. The first-order valence-electron chi connectivity index (χ1n) is 11.9. The number of halogens is 2. The molecule has 0 saturated carbocycles. The van der Waals surface area contributed by atoms with E-state index >= 15 is 0 Å². The summed E-state index contributed by atoms with van der Waals surface area (Å²) in [5.41, 5.74) is 11.8. The monoisotopic (exact) mass is 702 g/mol. The van der Waals surface area contributed by atoms with Crippen LogP contribution >= 0.6 is 53.4 Å². The van der Waals surface area contributed by atoms with Gasteiger partial charge in [-0.1, -0.05) is 77.7 Å². The molecule has 0 aliphatic heterocycles. The largest absolute Gasteiger partial charge is 0.368 e. The third-order valence-electron chi connectivity index (χ3n) is 5.98. The van der Waals surface area contributed by atoms with E-state index in [0.29, 0.717) is 11.1 Å². The second-order valence-electron chi connectivity index (χ2n) is 8.84. The van der Waals surface area contributed by atoms with Crippen molar-refractivity contribution in [2.45, 2.75) is 12.1 Å². The highest BCUT2D eigenvalue weighted by molar-refractivity contribution is 9.10. The molecule has 0 aliphatic carbocycles. The van der Waals surface area contributed by atoms with Crippen LogP contribution in [0.5, 0.6) is 0 Å². The first-order valence-corrected chi connectivity index (χ1v) is 16.0. The molecule has 12 heteroatoms. The molecule has 8 nitrogen and oxygen atoms in total. The van der Waals surface area contributed by atoms with E-state index in [9.17, 15) is 19.2 Å². The number of hydrogen-bond donors (Lipinski definition) is 4. The standard InChI is InChI=1S/C28H24Br2N4O4S2/c29-21-7-5-15-9-19(3-1-17(15)11-21)27(37)33-23(25(31)35)13-39-40-14-24(26(32)36)34-28(38)20-4-2-18-12-22(30)8-6-16(18)10-20/h1-12,23-24H,13-14H2,(H2,31,35)(H2,32,36)(H,33,37)(H,34,38)/t23-,24-/m0/s1. The summed E-state index contributed by atoms with van der Waals surface area (Å²) in [4.78, 5) is 49.6. The number of carbonyl (C=O) groups excluding carboxylic acids is 4. The first-order chi connectivity index (χ1) is 19.1. The number of hydrogen-bond acceptors (Lipinski definition) is 6. The van der Waals surface area contributed by atoms with Crippen LogP contribution in [0.2, 0.25) is 0 Å². The summed E-state index contributed by atoms with van der Waals surface area (Å²) in [6.45, 7) is 0. The van der Waals surface area contributed by atoms with Crippen molar-refractivity contribution in [3.05, 3.63) is 92.9 Å². The highest BCUT2D eigenvalue weighted by Crippen LogP contribution is 2.25. The maximum Gasteiger partial charge on any atom is 0.251 e. The molecule has 0 bridgehead atoms. The van der Waals surface area contributed by atoms with E-state index < -0.39 is 35.7 Å². The lowest BCUT2D eigenvalue weighted by Crippen LogP contribution is -2.46. The molecule has 4 aromatic carbocycles. The Morgan fingerprint density at radius 3 is 1.32 bits per heavy atom. The lowest BCUT2D eigenvalue weighted by Gasteiger charge is -2.17. The van der Waals surface area contributed by atoms with Gasteiger partial charge in [-0.05, 0) is 70.1 Å². The number of primary amides is 2. The van der Waals surface area contributed by atoms with E-state index in [1.165, 1.54) is 21.6 Å². The van der Waals surface area contributed by atoms with Crippen LogP contribution in [0.1, 0.15) is 20.7 Å². The predicted molar refractivity (Wildman–Crippen MR) is 169 cm³/mol. The molecular formula is C28H24Br2N4O4S2. The summed E-state index contributed by atoms with van der Waals surface area (Å²) in [6, 6.07) is 20.0. The zero-order valence-electron chi connectivity index (χ0n) is 20.9. The molecule has 6 N–H and O–H groups in total. The summed E-state index contributed by atoms with van der Waals surface area (Å²) < 4.78 is 1.86. The van der Waals surface area contributed by atoms with E-state index in [2.05, 4.69) is 42.5 Å².